The first-order valence-corrected chi connectivity index (χ1v) is 7.25. The van der Waals surface area contributed by atoms with Crippen molar-refractivity contribution in [2.24, 2.45) is 11.7 Å². The molecule has 21 heavy (non-hydrogen) atoms. The summed E-state index contributed by atoms with van der Waals surface area (Å²) in [7, 11) is 0. The summed E-state index contributed by atoms with van der Waals surface area (Å²) in [5, 5.41) is 5.37. The summed E-state index contributed by atoms with van der Waals surface area (Å²) in [5.74, 6) is 0.419. The van der Waals surface area contributed by atoms with Gasteiger partial charge in [0.05, 0.1) is 18.8 Å². The number of carbonyl (C=O) groups is 2. The molecule has 1 rings (SSSR count). The van der Waals surface area contributed by atoms with E-state index in [1.807, 2.05) is 32.9 Å². The topological polar surface area (TPSA) is 97.4 Å². The number of aryl methyl sites for hydroxylation is 1. The van der Waals surface area contributed by atoms with Crippen molar-refractivity contribution in [1.29, 1.82) is 0 Å². The Kier molecular flexibility index (Phi) is 6.94. The van der Waals surface area contributed by atoms with Gasteiger partial charge in [0.2, 0.25) is 11.8 Å². The normalized spacial score (nSPS) is 13.8. The number of furan rings is 1. The first-order valence-electron chi connectivity index (χ1n) is 7.25. The molecule has 0 saturated heterocycles. The highest BCUT2D eigenvalue weighted by Gasteiger charge is 2.18. The third-order valence-corrected chi connectivity index (χ3v) is 3.26. The standard InChI is InChI=1S/C15H25N3O3/c1-10(2)14(16)15(20)17-9-13(19)18-11(3)6-7-12-5-4-8-21-12/h4-5,8,10-11,14H,6-7,9,16H2,1-3H3,(H,17,20)(H,18,19)/t11?,14-/m0/s1. The molecule has 0 saturated carbocycles. The average Bonchev–Trinajstić information content (AvgIpc) is 2.94. The number of nitrogens with one attached hydrogen (secondary N) is 2. The summed E-state index contributed by atoms with van der Waals surface area (Å²) in [6.45, 7) is 5.59. The van der Waals surface area contributed by atoms with E-state index in [1.165, 1.54) is 0 Å². The fourth-order valence-corrected chi connectivity index (χ4v) is 1.80. The molecule has 1 heterocycles. The van der Waals surface area contributed by atoms with Crippen LogP contribution in [0, 0.1) is 5.92 Å². The molecule has 0 spiro atoms. The van der Waals surface area contributed by atoms with E-state index in [0.717, 1.165) is 18.6 Å². The van der Waals surface area contributed by atoms with Gasteiger partial charge in [0, 0.05) is 12.5 Å². The molecule has 0 radical (unpaired) electrons. The second-order valence-corrected chi connectivity index (χ2v) is 5.57. The Hall–Kier alpha value is -1.82. The van der Waals surface area contributed by atoms with Crippen LogP contribution in [0.15, 0.2) is 22.8 Å². The molecule has 4 N–H and O–H groups in total. The van der Waals surface area contributed by atoms with E-state index < -0.39 is 6.04 Å². The van der Waals surface area contributed by atoms with Crippen LogP contribution in [-0.2, 0) is 16.0 Å². The average molecular weight is 295 g/mol. The zero-order valence-electron chi connectivity index (χ0n) is 12.9. The monoisotopic (exact) mass is 295 g/mol. The molecule has 0 aromatic carbocycles. The highest BCUT2D eigenvalue weighted by atomic mass is 16.3. The van der Waals surface area contributed by atoms with E-state index in [4.69, 9.17) is 10.2 Å². The van der Waals surface area contributed by atoms with Crippen LogP contribution >= 0.6 is 0 Å². The number of hydrogen-bond acceptors (Lipinski definition) is 4. The van der Waals surface area contributed by atoms with Gasteiger partial charge in [-0.15, -0.1) is 0 Å². The van der Waals surface area contributed by atoms with Gasteiger partial charge in [0.25, 0.3) is 0 Å². The molecule has 0 bridgehead atoms. The van der Waals surface area contributed by atoms with Crippen molar-refractivity contribution in [3.63, 3.8) is 0 Å². The second-order valence-electron chi connectivity index (χ2n) is 5.57. The van der Waals surface area contributed by atoms with E-state index >= 15 is 0 Å². The van der Waals surface area contributed by atoms with E-state index in [0.29, 0.717) is 0 Å². The van der Waals surface area contributed by atoms with Crippen LogP contribution in [0.2, 0.25) is 0 Å². The zero-order chi connectivity index (χ0) is 15.8. The molecule has 6 nitrogen and oxygen atoms in total. The minimum atomic E-state index is -0.589. The number of amides is 2. The van der Waals surface area contributed by atoms with E-state index in [-0.39, 0.29) is 30.3 Å². The Balaban J connectivity index is 2.22. The Morgan fingerprint density at radius 2 is 2.05 bits per heavy atom. The van der Waals surface area contributed by atoms with Crippen LogP contribution in [0.3, 0.4) is 0 Å². The summed E-state index contributed by atoms with van der Waals surface area (Å²) in [5.41, 5.74) is 5.70. The van der Waals surface area contributed by atoms with E-state index in [2.05, 4.69) is 10.6 Å². The summed E-state index contributed by atoms with van der Waals surface area (Å²) >= 11 is 0. The highest BCUT2D eigenvalue weighted by molar-refractivity contribution is 5.87. The quantitative estimate of drug-likeness (QED) is 0.661. The van der Waals surface area contributed by atoms with Gasteiger partial charge in [-0.1, -0.05) is 13.8 Å². The van der Waals surface area contributed by atoms with Crippen LogP contribution in [0.4, 0.5) is 0 Å². The lowest BCUT2D eigenvalue weighted by molar-refractivity contribution is -0.127. The first kappa shape index (κ1) is 17.2. The van der Waals surface area contributed by atoms with Crippen LogP contribution in [-0.4, -0.2) is 30.4 Å². The molecule has 1 aromatic rings. The van der Waals surface area contributed by atoms with Gasteiger partial charge in [-0.05, 0) is 31.4 Å². The molecule has 118 valence electrons. The SMILES string of the molecule is CC(CCc1ccco1)NC(=O)CNC(=O)[C@@H](N)C(C)C. The lowest BCUT2D eigenvalue weighted by Crippen LogP contribution is -2.48. The minimum Gasteiger partial charge on any atom is -0.469 e. The largest absolute Gasteiger partial charge is 0.469 e. The summed E-state index contributed by atoms with van der Waals surface area (Å²) in [6, 6.07) is 3.17. The predicted octanol–water partition coefficient (Wildman–Crippen LogP) is 0.816. The number of rotatable bonds is 8. The number of hydrogen-bond donors (Lipinski definition) is 3. The van der Waals surface area contributed by atoms with Crippen LogP contribution in [0.1, 0.15) is 33.0 Å². The Morgan fingerprint density at radius 3 is 2.62 bits per heavy atom. The van der Waals surface area contributed by atoms with Gasteiger partial charge in [0.15, 0.2) is 0 Å². The lowest BCUT2D eigenvalue weighted by atomic mass is 10.1. The molecule has 0 aliphatic heterocycles. The second kappa shape index (κ2) is 8.46. The van der Waals surface area contributed by atoms with Gasteiger partial charge in [0.1, 0.15) is 5.76 Å². The molecule has 1 aromatic heterocycles. The van der Waals surface area contributed by atoms with E-state index in [1.54, 1.807) is 6.26 Å². The summed E-state index contributed by atoms with van der Waals surface area (Å²) in [6.07, 6.45) is 3.17. The van der Waals surface area contributed by atoms with Crippen molar-refractivity contribution in [3.05, 3.63) is 24.2 Å². The van der Waals surface area contributed by atoms with Crippen LogP contribution in [0.5, 0.6) is 0 Å². The zero-order valence-corrected chi connectivity index (χ0v) is 12.9. The van der Waals surface area contributed by atoms with Crippen molar-refractivity contribution < 1.29 is 14.0 Å². The smallest absolute Gasteiger partial charge is 0.239 e. The maximum Gasteiger partial charge on any atom is 0.239 e. The third kappa shape index (κ3) is 6.44. The number of nitrogens with two attached hydrogens (primary N) is 1. The molecule has 0 aliphatic rings. The Labute approximate surface area is 125 Å². The molecule has 6 heteroatoms. The molecular weight excluding hydrogens is 270 g/mol. The first-order chi connectivity index (χ1) is 9.90. The molecular formula is C15H25N3O3. The van der Waals surface area contributed by atoms with Crippen molar-refractivity contribution in [2.75, 3.05) is 6.54 Å². The summed E-state index contributed by atoms with van der Waals surface area (Å²) < 4.78 is 5.23. The van der Waals surface area contributed by atoms with Gasteiger partial charge in [-0.3, -0.25) is 9.59 Å². The van der Waals surface area contributed by atoms with Crippen molar-refractivity contribution in [3.8, 4) is 0 Å². The molecule has 2 amide bonds. The van der Waals surface area contributed by atoms with Crippen LogP contribution in [0.25, 0.3) is 0 Å². The van der Waals surface area contributed by atoms with Crippen molar-refractivity contribution >= 4 is 11.8 Å². The lowest BCUT2D eigenvalue weighted by Gasteiger charge is -2.16. The van der Waals surface area contributed by atoms with E-state index in [9.17, 15) is 9.59 Å². The van der Waals surface area contributed by atoms with Gasteiger partial charge in [-0.2, -0.15) is 0 Å². The van der Waals surface area contributed by atoms with Gasteiger partial charge < -0.3 is 20.8 Å². The van der Waals surface area contributed by atoms with Crippen LogP contribution < -0.4 is 16.4 Å². The minimum absolute atomic E-state index is 0.0123. The summed E-state index contributed by atoms with van der Waals surface area (Å²) in [4.78, 5) is 23.3. The molecule has 0 fully saturated rings. The molecule has 0 aliphatic carbocycles. The third-order valence-electron chi connectivity index (χ3n) is 3.26. The highest BCUT2D eigenvalue weighted by Crippen LogP contribution is 2.05. The number of carbonyl (C=O) groups excluding carboxylic acids is 2. The maximum atomic E-state index is 11.7. The predicted molar refractivity (Wildman–Crippen MR) is 80.5 cm³/mol. The Bertz CT molecular complexity index is 443. The fraction of sp³-hybridized carbons (Fsp3) is 0.600. The van der Waals surface area contributed by atoms with Gasteiger partial charge >= 0.3 is 0 Å². The van der Waals surface area contributed by atoms with Gasteiger partial charge in [-0.25, -0.2) is 0 Å². The van der Waals surface area contributed by atoms with Crippen molar-refractivity contribution in [1.82, 2.24) is 10.6 Å². The fourth-order valence-electron chi connectivity index (χ4n) is 1.80. The Morgan fingerprint density at radius 1 is 1.33 bits per heavy atom. The molecule has 1 unspecified atom stereocenters. The maximum absolute atomic E-state index is 11.7. The van der Waals surface area contributed by atoms with Crippen molar-refractivity contribution in [2.45, 2.75) is 45.7 Å². The molecule has 2 atom stereocenters.